The Morgan fingerprint density at radius 3 is 3.00 bits per heavy atom. The summed E-state index contributed by atoms with van der Waals surface area (Å²) in [6, 6.07) is 6.47. The Hall–Kier alpha value is -1.95. The van der Waals surface area contributed by atoms with Crippen LogP contribution >= 0.6 is 11.5 Å². The highest BCUT2D eigenvalue weighted by Gasteiger charge is 2.11. The second kappa shape index (κ2) is 6.00. The third-order valence-corrected chi connectivity index (χ3v) is 3.86. The maximum atomic E-state index is 12.9. The van der Waals surface area contributed by atoms with Crippen LogP contribution in [0.2, 0.25) is 0 Å². The molecule has 0 atom stereocenters. The SMILES string of the molecule is Fc1ccc(Cc2nsc(N3C=CNCCC3)n2)cc1. The van der Waals surface area contributed by atoms with Crippen molar-refractivity contribution in [3.8, 4) is 0 Å². The predicted octanol–water partition coefficient (Wildman–Crippen LogP) is 2.54. The summed E-state index contributed by atoms with van der Waals surface area (Å²) in [7, 11) is 0. The monoisotopic (exact) mass is 290 g/mol. The van der Waals surface area contributed by atoms with Crippen LogP contribution in [0.25, 0.3) is 0 Å². The zero-order chi connectivity index (χ0) is 13.8. The van der Waals surface area contributed by atoms with Gasteiger partial charge in [-0.2, -0.15) is 4.37 Å². The molecule has 1 aliphatic rings. The first-order chi connectivity index (χ1) is 9.81. The third-order valence-electron chi connectivity index (χ3n) is 3.07. The Balaban J connectivity index is 1.71. The lowest BCUT2D eigenvalue weighted by Gasteiger charge is -2.13. The number of hydrogen-bond donors (Lipinski definition) is 1. The fourth-order valence-electron chi connectivity index (χ4n) is 2.03. The van der Waals surface area contributed by atoms with E-state index < -0.39 is 0 Å². The number of anilines is 1. The number of halogens is 1. The van der Waals surface area contributed by atoms with Gasteiger partial charge in [0.2, 0.25) is 5.13 Å². The molecule has 104 valence electrons. The molecule has 3 rings (SSSR count). The fraction of sp³-hybridized carbons (Fsp3) is 0.286. The van der Waals surface area contributed by atoms with E-state index in [9.17, 15) is 4.39 Å². The van der Waals surface area contributed by atoms with E-state index in [-0.39, 0.29) is 5.82 Å². The third kappa shape index (κ3) is 3.14. The van der Waals surface area contributed by atoms with Gasteiger partial charge in [-0.15, -0.1) is 0 Å². The van der Waals surface area contributed by atoms with Crippen molar-refractivity contribution in [1.82, 2.24) is 14.7 Å². The van der Waals surface area contributed by atoms with Crippen molar-refractivity contribution >= 4 is 16.7 Å². The molecule has 0 unspecified atom stereocenters. The number of benzene rings is 1. The molecular weight excluding hydrogens is 275 g/mol. The van der Waals surface area contributed by atoms with Gasteiger partial charge in [0.25, 0.3) is 0 Å². The second-order valence-corrected chi connectivity index (χ2v) is 5.34. The van der Waals surface area contributed by atoms with Crippen molar-refractivity contribution in [3.05, 3.63) is 53.9 Å². The minimum atomic E-state index is -0.220. The summed E-state index contributed by atoms with van der Waals surface area (Å²) in [5, 5.41) is 4.10. The fourth-order valence-corrected chi connectivity index (χ4v) is 2.73. The van der Waals surface area contributed by atoms with Crippen molar-refractivity contribution in [1.29, 1.82) is 0 Å². The lowest BCUT2D eigenvalue weighted by Crippen LogP contribution is -2.16. The summed E-state index contributed by atoms with van der Waals surface area (Å²) >= 11 is 1.40. The zero-order valence-corrected chi connectivity index (χ0v) is 11.7. The number of nitrogens with one attached hydrogen (secondary N) is 1. The molecule has 4 nitrogen and oxygen atoms in total. The first-order valence-corrected chi connectivity index (χ1v) is 7.32. The highest BCUT2D eigenvalue weighted by atomic mass is 32.1. The van der Waals surface area contributed by atoms with E-state index in [0.29, 0.717) is 6.42 Å². The van der Waals surface area contributed by atoms with Crippen LogP contribution in [-0.2, 0) is 6.42 Å². The molecule has 1 N–H and O–H groups in total. The highest BCUT2D eigenvalue weighted by Crippen LogP contribution is 2.20. The molecule has 0 amide bonds. The average molecular weight is 290 g/mol. The first-order valence-electron chi connectivity index (χ1n) is 6.55. The molecule has 1 aromatic heterocycles. The smallest absolute Gasteiger partial charge is 0.209 e. The van der Waals surface area contributed by atoms with Crippen LogP contribution in [0.1, 0.15) is 17.8 Å². The minimum absolute atomic E-state index is 0.220. The van der Waals surface area contributed by atoms with Crippen LogP contribution in [0.4, 0.5) is 9.52 Å². The summed E-state index contributed by atoms with van der Waals surface area (Å²) < 4.78 is 17.2. The Kier molecular flexibility index (Phi) is 3.92. The molecule has 20 heavy (non-hydrogen) atoms. The Bertz CT molecular complexity index is 593. The topological polar surface area (TPSA) is 41.1 Å². The van der Waals surface area contributed by atoms with Gasteiger partial charge in [0, 0.05) is 43.4 Å². The van der Waals surface area contributed by atoms with E-state index in [1.54, 1.807) is 12.1 Å². The van der Waals surface area contributed by atoms with Crippen molar-refractivity contribution in [2.75, 3.05) is 18.0 Å². The van der Waals surface area contributed by atoms with Crippen LogP contribution in [-0.4, -0.2) is 22.4 Å². The van der Waals surface area contributed by atoms with Crippen molar-refractivity contribution < 1.29 is 4.39 Å². The molecule has 0 bridgehead atoms. The molecule has 0 saturated carbocycles. The molecule has 2 aromatic rings. The Labute approximate surface area is 121 Å². The number of rotatable bonds is 3. The average Bonchev–Trinajstić information content (AvgIpc) is 2.74. The highest BCUT2D eigenvalue weighted by molar-refractivity contribution is 7.09. The van der Waals surface area contributed by atoms with Gasteiger partial charge in [0.05, 0.1) is 0 Å². The molecule has 0 radical (unpaired) electrons. The number of aromatic nitrogens is 2. The molecule has 0 saturated heterocycles. The van der Waals surface area contributed by atoms with Gasteiger partial charge in [0.15, 0.2) is 0 Å². The van der Waals surface area contributed by atoms with E-state index in [0.717, 1.165) is 36.0 Å². The number of nitrogens with zero attached hydrogens (tertiary/aromatic N) is 3. The molecular formula is C14H15FN4S. The quantitative estimate of drug-likeness (QED) is 0.943. The molecule has 0 aliphatic carbocycles. The Morgan fingerprint density at radius 1 is 1.30 bits per heavy atom. The van der Waals surface area contributed by atoms with Crippen LogP contribution in [0.15, 0.2) is 36.7 Å². The van der Waals surface area contributed by atoms with E-state index >= 15 is 0 Å². The van der Waals surface area contributed by atoms with Crippen molar-refractivity contribution in [3.63, 3.8) is 0 Å². The van der Waals surface area contributed by atoms with Gasteiger partial charge in [-0.25, -0.2) is 9.37 Å². The molecule has 0 spiro atoms. The van der Waals surface area contributed by atoms with Gasteiger partial charge >= 0.3 is 0 Å². The number of hydrogen-bond acceptors (Lipinski definition) is 5. The normalized spacial score (nSPS) is 14.9. The van der Waals surface area contributed by atoms with Crippen molar-refractivity contribution in [2.24, 2.45) is 0 Å². The predicted molar refractivity (Wildman–Crippen MR) is 78.2 cm³/mol. The lowest BCUT2D eigenvalue weighted by atomic mass is 10.1. The maximum Gasteiger partial charge on any atom is 0.209 e. The van der Waals surface area contributed by atoms with Gasteiger partial charge in [-0.05, 0) is 24.1 Å². The molecule has 6 heteroatoms. The van der Waals surface area contributed by atoms with Crippen molar-refractivity contribution in [2.45, 2.75) is 12.8 Å². The van der Waals surface area contributed by atoms with E-state index in [1.165, 1.54) is 23.7 Å². The van der Waals surface area contributed by atoms with Crippen LogP contribution < -0.4 is 10.2 Å². The van der Waals surface area contributed by atoms with Gasteiger partial charge in [-0.1, -0.05) is 12.1 Å². The van der Waals surface area contributed by atoms with E-state index in [4.69, 9.17) is 0 Å². The zero-order valence-electron chi connectivity index (χ0n) is 10.9. The van der Waals surface area contributed by atoms with Crippen LogP contribution in [0, 0.1) is 5.82 Å². The molecule has 1 aromatic carbocycles. The summed E-state index contributed by atoms with van der Waals surface area (Å²) in [5.41, 5.74) is 1.02. The van der Waals surface area contributed by atoms with Gasteiger partial charge < -0.3 is 10.2 Å². The van der Waals surface area contributed by atoms with E-state index in [2.05, 4.69) is 19.6 Å². The van der Waals surface area contributed by atoms with Gasteiger partial charge in [0.1, 0.15) is 11.6 Å². The van der Waals surface area contributed by atoms with Crippen LogP contribution in [0.3, 0.4) is 0 Å². The molecule has 0 fully saturated rings. The first kappa shape index (κ1) is 13.1. The lowest BCUT2D eigenvalue weighted by molar-refractivity contribution is 0.627. The van der Waals surface area contributed by atoms with Gasteiger partial charge in [-0.3, -0.25) is 0 Å². The largest absolute Gasteiger partial charge is 0.390 e. The molecule has 2 heterocycles. The summed E-state index contributed by atoms with van der Waals surface area (Å²) in [6.07, 6.45) is 5.63. The van der Waals surface area contributed by atoms with Crippen LogP contribution in [0.5, 0.6) is 0 Å². The summed E-state index contributed by atoms with van der Waals surface area (Å²) in [5.74, 6) is 0.560. The maximum absolute atomic E-state index is 12.9. The summed E-state index contributed by atoms with van der Waals surface area (Å²) in [6.45, 7) is 1.92. The standard InChI is InChI=1S/C14H15FN4S/c15-12-4-2-11(3-5-12)10-13-17-14(20-18-13)19-8-1-6-16-7-9-19/h2-5,7,9,16H,1,6,8,10H2. The second-order valence-electron chi connectivity index (χ2n) is 4.61. The Morgan fingerprint density at radius 2 is 2.15 bits per heavy atom. The summed E-state index contributed by atoms with van der Waals surface area (Å²) in [4.78, 5) is 6.66. The molecule has 1 aliphatic heterocycles. The minimum Gasteiger partial charge on any atom is -0.390 e. The van der Waals surface area contributed by atoms with E-state index in [1.807, 2.05) is 12.4 Å².